The molecule has 3 N–H and O–H groups in total. The summed E-state index contributed by atoms with van der Waals surface area (Å²) in [5.41, 5.74) is 0.311. The van der Waals surface area contributed by atoms with Gasteiger partial charge in [0.2, 0.25) is 11.7 Å². The van der Waals surface area contributed by atoms with Crippen molar-refractivity contribution < 1.29 is 52.4 Å². The fourth-order valence-electron chi connectivity index (χ4n) is 5.50. The third-order valence-corrected chi connectivity index (χ3v) is 7.69. The highest BCUT2D eigenvalue weighted by molar-refractivity contribution is 6.06. The number of amides is 3. The van der Waals surface area contributed by atoms with Crippen LogP contribution in [0.1, 0.15) is 93.2 Å². The standard InChI is InChI=1S/C39H47N3O11/c1-38(2,3)52-31(44)17-16-26(42-37(47)53-39(4,5)6)36(46)41-25-15-11-13-23(19-25)35(45)40-24-14-10-12-22(18-24)28-20-27(43)32-29(51-28)21-30(48-7)33(49-8)34(32)50-9/h10-15,18-19,21,26,28H,16-17,20H2,1-9H3,(H,40,45)(H,41,46)(H,42,47)/t26-,28?/m0/s1. The molecule has 284 valence electrons. The number of fused-ring (bicyclic) bond motifs is 1. The van der Waals surface area contributed by atoms with Gasteiger partial charge in [-0.25, -0.2) is 4.79 Å². The third-order valence-electron chi connectivity index (χ3n) is 7.69. The Bertz CT molecular complexity index is 1860. The van der Waals surface area contributed by atoms with Gasteiger partial charge in [0.1, 0.15) is 34.7 Å². The number of carbonyl (C=O) groups is 5. The number of ether oxygens (including phenoxy) is 6. The number of carbonyl (C=O) groups excluding carboxylic acids is 5. The first-order chi connectivity index (χ1) is 24.9. The van der Waals surface area contributed by atoms with E-state index in [2.05, 4.69) is 16.0 Å². The summed E-state index contributed by atoms with van der Waals surface area (Å²) in [6, 6.07) is 13.6. The summed E-state index contributed by atoms with van der Waals surface area (Å²) in [6.07, 6.45) is -1.68. The van der Waals surface area contributed by atoms with Crippen molar-refractivity contribution in [2.24, 2.45) is 0 Å². The molecule has 1 heterocycles. The van der Waals surface area contributed by atoms with Gasteiger partial charge >= 0.3 is 12.1 Å². The van der Waals surface area contributed by atoms with Gasteiger partial charge in [0.15, 0.2) is 17.3 Å². The molecule has 0 fully saturated rings. The van der Waals surface area contributed by atoms with Crippen molar-refractivity contribution in [3.63, 3.8) is 0 Å². The van der Waals surface area contributed by atoms with Crippen LogP contribution in [0, 0.1) is 0 Å². The zero-order valence-corrected chi connectivity index (χ0v) is 31.5. The molecule has 1 unspecified atom stereocenters. The molecule has 0 aromatic heterocycles. The van der Waals surface area contributed by atoms with Crippen LogP contribution in [0.25, 0.3) is 0 Å². The Kier molecular flexibility index (Phi) is 12.6. The lowest BCUT2D eigenvalue weighted by atomic mass is 9.94. The fourth-order valence-corrected chi connectivity index (χ4v) is 5.50. The summed E-state index contributed by atoms with van der Waals surface area (Å²) in [4.78, 5) is 65.1. The number of Topliss-reactive ketones (excluding diaryl/α,β-unsaturated/α-hetero) is 1. The molecule has 0 saturated heterocycles. The molecule has 53 heavy (non-hydrogen) atoms. The van der Waals surface area contributed by atoms with E-state index in [1.165, 1.54) is 27.4 Å². The molecule has 14 heteroatoms. The van der Waals surface area contributed by atoms with Gasteiger partial charge in [0.25, 0.3) is 5.91 Å². The number of nitrogens with one attached hydrogen (secondary N) is 3. The summed E-state index contributed by atoms with van der Waals surface area (Å²) in [7, 11) is 4.36. The Morgan fingerprint density at radius 2 is 1.45 bits per heavy atom. The quantitative estimate of drug-likeness (QED) is 0.170. The van der Waals surface area contributed by atoms with Gasteiger partial charge in [-0.05, 0) is 83.9 Å². The predicted octanol–water partition coefficient (Wildman–Crippen LogP) is 6.62. The lowest BCUT2D eigenvalue weighted by molar-refractivity contribution is -0.155. The molecule has 4 rings (SSSR count). The Morgan fingerprint density at radius 3 is 2.08 bits per heavy atom. The maximum absolute atomic E-state index is 13.4. The number of methoxy groups -OCH3 is 3. The smallest absolute Gasteiger partial charge is 0.408 e. The van der Waals surface area contributed by atoms with Crippen LogP contribution in [0.3, 0.4) is 0 Å². The summed E-state index contributed by atoms with van der Waals surface area (Å²) in [5.74, 6) is -0.712. The van der Waals surface area contributed by atoms with Crippen molar-refractivity contribution in [2.75, 3.05) is 32.0 Å². The van der Waals surface area contributed by atoms with Gasteiger partial charge < -0.3 is 44.4 Å². The van der Waals surface area contributed by atoms with Crippen molar-refractivity contribution in [3.8, 4) is 23.0 Å². The van der Waals surface area contributed by atoms with Crippen molar-refractivity contribution in [2.45, 2.75) is 84.2 Å². The first-order valence-corrected chi connectivity index (χ1v) is 17.0. The SMILES string of the molecule is COc1cc2c(c(OC)c1OC)C(=O)CC(c1cccc(NC(=O)c3cccc(NC(=O)[C@H](CCC(=O)OC(C)(C)C)NC(=O)OC(C)(C)C)c3)c1)O2. The van der Waals surface area contributed by atoms with Gasteiger partial charge in [-0.15, -0.1) is 0 Å². The molecule has 0 radical (unpaired) electrons. The molecular formula is C39H47N3O11. The van der Waals surface area contributed by atoms with Crippen LogP contribution in [-0.2, 0) is 19.1 Å². The minimum Gasteiger partial charge on any atom is -0.493 e. The normalized spacial score (nSPS) is 14.4. The number of benzene rings is 3. The van der Waals surface area contributed by atoms with Crippen molar-refractivity contribution >= 4 is 41.0 Å². The molecule has 1 aliphatic heterocycles. The Balaban J connectivity index is 1.47. The zero-order chi connectivity index (χ0) is 39.1. The molecule has 2 atom stereocenters. The van der Waals surface area contributed by atoms with Crippen LogP contribution in [0.4, 0.5) is 16.2 Å². The zero-order valence-electron chi connectivity index (χ0n) is 31.5. The minimum absolute atomic E-state index is 0.0134. The lowest BCUT2D eigenvalue weighted by Gasteiger charge is -2.28. The van der Waals surface area contributed by atoms with Crippen LogP contribution in [-0.4, -0.2) is 68.2 Å². The summed E-state index contributed by atoms with van der Waals surface area (Å²) < 4.78 is 33.2. The fraction of sp³-hybridized carbons (Fsp3) is 0.410. The van der Waals surface area contributed by atoms with Crippen LogP contribution >= 0.6 is 0 Å². The molecule has 0 spiro atoms. The maximum atomic E-state index is 13.4. The van der Waals surface area contributed by atoms with E-state index >= 15 is 0 Å². The van der Waals surface area contributed by atoms with Crippen LogP contribution in [0.15, 0.2) is 54.6 Å². The van der Waals surface area contributed by atoms with E-state index < -0.39 is 47.2 Å². The molecule has 3 amide bonds. The van der Waals surface area contributed by atoms with E-state index in [-0.39, 0.29) is 59.1 Å². The highest BCUT2D eigenvalue weighted by Crippen LogP contribution is 2.49. The van der Waals surface area contributed by atoms with Gasteiger partial charge in [-0.1, -0.05) is 18.2 Å². The van der Waals surface area contributed by atoms with Crippen LogP contribution in [0.2, 0.25) is 0 Å². The van der Waals surface area contributed by atoms with Gasteiger partial charge in [0.05, 0.1) is 27.8 Å². The number of hydrogen-bond acceptors (Lipinski definition) is 11. The number of hydrogen-bond donors (Lipinski definition) is 3. The maximum Gasteiger partial charge on any atom is 0.408 e. The molecule has 3 aromatic carbocycles. The number of rotatable bonds is 12. The molecule has 0 bridgehead atoms. The predicted molar refractivity (Wildman–Crippen MR) is 196 cm³/mol. The topological polar surface area (TPSA) is 177 Å². The summed E-state index contributed by atoms with van der Waals surface area (Å²) in [6.45, 7) is 10.3. The van der Waals surface area contributed by atoms with E-state index in [4.69, 9.17) is 28.4 Å². The van der Waals surface area contributed by atoms with Crippen molar-refractivity contribution in [1.82, 2.24) is 5.32 Å². The van der Waals surface area contributed by atoms with E-state index in [1.54, 1.807) is 90.1 Å². The molecule has 14 nitrogen and oxygen atoms in total. The molecule has 3 aromatic rings. The second-order valence-electron chi connectivity index (χ2n) is 14.2. The minimum atomic E-state index is -1.15. The van der Waals surface area contributed by atoms with E-state index in [1.807, 2.05) is 0 Å². The Hall–Kier alpha value is -5.79. The van der Waals surface area contributed by atoms with E-state index in [0.717, 1.165) is 0 Å². The average molecular weight is 734 g/mol. The number of esters is 1. The largest absolute Gasteiger partial charge is 0.493 e. The van der Waals surface area contributed by atoms with Gasteiger partial charge in [-0.2, -0.15) is 0 Å². The first kappa shape index (κ1) is 40.0. The lowest BCUT2D eigenvalue weighted by Crippen LogP contribution is -2.46. The van der Waals surface area contributed by atoms with Crippen molar-refractivity contribution in [1.29, 1.82) is 0 Å². The monoisotopic (exact) mass is 733 g/mol. The number of ketones is 1. The third kappa shape index (κ3) is 10.9. The second-order valence-corrected chi connectivity index (χ2v) is 14.2. The highest BCUT2D eigenvalue weighted by Gasteiger charge is 2.34. The Morgan fingerprint density at radius 1 is 0.811 bits per heavy atom. The Labute approximate surface area is 308 Å². The second kappa shape index (κ2) is 16.7. The van der Waals surface area contributed by atoms with Crippen LogP contribution < -0.4 is 34.9 Å². The summed E-state index contributed by atoms with van der Waals surface area (Å²) >= 11 is 0. The molecular weight excluding hydrogens is 686 g/mol. The molecule has 0 saturated carbocycles. The van der Waals surface area contributed by atoms with Gasteiger partial charge in [-0.3, -0.25) is 19.2 Å². The highest BCUT2D eigenvalue weighted by atomic mass is 16.6. The number of anilines is 2. The average Bonchev–Trinajstić information content (AvgIpc) is 3.07. The number of alkyl carbamates (subject to hydrolysis) is 1. The first-order valence-electron chi connectivity index (χ1n) is 17.0. The summed E-state index contributed by atoms with van der Waals surface area (Å²) in [5, 5.41) is 8.09. The van der Waals surface area contributed by atoms with E-state index in [0.29, 0.717) is 17.0 Å². The van der Waals surface area contributed by atoms with Crippen LogP contribution in [0.5, 0.6) is 23.0 Å². The van der Waals surface area contributed by atoms with E-state index in [9.17, 15) is 24.0 Å². The van der Waals surface area contributed by atoms with Crippen molar-refractivity contribution in [3.05, 3.63) is 71.3 Å². The molecule has 1 aliphatic rings. The van der Waals surface area contributed by atoms with Gasteiger partial charge in [0, 0.05) is 29.4 Å². The molecule has 0 aliphatic carbocycles.